The van der Waals surface area contributed by atoms with Gasteiger partial charge < -0.3 is 5.11 Å². The monoisotopic (exact) mass is 363 g/mol. The lowest BCUT2D eigenvalue weighted by atomic mass is 10.2. The fraction of sp³-hybridized carbons (Fsp3) is 0.118. The molecule has 7 heteroatoms. The van der Waals surface area contributed by atoms with E-state index >= 15 is 0 Å². The maximum absolute atomic E-state index is 12.2. The van der Waals surface area contributed by atoms with Crippen molar-refractivity contribution in [3.63, 3.8) is 0 Å². The topological polar surface area (TPSA) is 83.5 Å². The third-order valence-electron chi connectivity index (χ3n) is 3.22. The second-order valence-electron chi connectivity index (χ2n) is 5.08. The van der Waals surface area contributed by atoms with Gasteiger partial charge in [0.15, 0.2) is 0 Å². The fourth-order valence-electron chi connectivity index (χ4n) is 1.94. The molecule has 0 unspecified atom stereocenters. The van der Waals surface area contributed by atoms with E-state index in [-0.39, 0.29) is 5.56 Å². The smallest absolute Gasteiger partial charge is 0.335 e. The van der Waals surface area contributed by atoms with Crippen LogP contribution < -0.4 is 4.72 Å². The number of anilines is 1. The zero-order valence-corrected chi connectivity index (χ0v) is 14.8. The minimum atomic E-state index is -3.70. The molecular formula is C17H17NO4S2. The molecule has 0 amide bonds. The maximum atomic E-state index is 12.2. The molecule has 5 nitrogen and oxygen atoms in total. The number of aryl methyl sites for hydroxylation is 1. The summed E-state index contributed by atoms with van der Waals surface area (Å²) in [6.45, 7) is 1.95. The first-order chi connectivity index (χ1) is 11.3. The number of carboxylic acids is 1. The SMILES string of the molecule is CSc1cc(C(=O)O)ccc1NS(=O)(=O)/C=C/c1ccc(C)cc1. The zero-order valence-electron chi connectivity index (χ0n) is 13.2. The molecule has 126 valence electrons. The van der Waals surface area contributed by atoms with E-state index in [4.69, 9.17) is 5.11 Å². The predicted molar refractivity (Wildman–Crippen MR) is 97.9 cm³/mol. The maximum Gasteiger partial charge on any atom is 0.335 e. The molecule has 24 heavy (non-hydrogen) atoms. The van der Waals surface area contributed by atoms with Crippen molar-refractivity contribution in [2.75, 3.05) is 11.0 Å². The van der Waals surface area contributed by atoms with Gasteiger partial charge in [-0.05, 0) is 43.0 Å². The number of thioether (sulfide) groups is 1. The lowest BCUT2D eigenvalue weighted by Crippen LogP contribution is -2.10. The summed E-state index contributed by atoms with van der Waals surface area (Å²) in [5, 5.41) is 10.1. The quantitative estimate of drug-likeness (QED) is 0.762. The van der Waals surface area contributed by atoms with E-state index in [1.165, 1.54) is 36.0 Å². The molecule has 0 heterocycles. The van der Waals surface area contributed by atoms with Crippen LogP contribution in [0.2, 0.25) is 0 Å². The minimum absolute atomic E-state index is 0.109. The summed E-state index contributed by atoms with van der Waals surface area (Å²) in [5.41, 5.74) is 2.33. The Balaban J connectivity index is 2.22. The molecule has 2 rings (SSSR count). The molecule has 0 saturated heterocycles. The van der Waals surface area contributed by atoms with Gasteiger partial charge in [0, 0.05) is 4.90 Å². The second-order valence-corrected chi connectivity index (χ2v) is 7.50. The molecule has 2 N–H and O–H groups in total. The minimum Gasteiger partial charge on any atom is -0.478 e. The van der Waals surface area contributed by atoms with Crippen LogP contribution in [-0.2, 0) is 10.0 Å². The molecule has 0 fully saturated rings. The Labute approximate surface area is 145 Å². The van der Waals surface area contributed by atoms with Gasteiger partial charge in [-0.15, -0.1) is 11.8 Å². The molecule has 0 atom stereocenters. The van der Waals surface area contributed by atoms with Gasteiger partial charge in [-0.25, -0.2) is 13.2 Å². The molecule has 0 spiro atoms. The number of rotatable bonds is 6. The lowest BCUT2D eigenvalue weighted by Gasteiger charge is -2.10. The van der Waals surface area contributed by atoms with Gasteiger partial charge in [0.1, 0.15) is 0 Å². The van der Waals surface area contributed by atoms with E-state index < -0.39 is 16.0 Å². The van der Waals surface area contributed by atoms with E-state index in [1.54, 1.807) is 6.26 Å². The molecule has 0 saturated carbocycles. The third-order valence-corrected chi connectivity index (χ3v) is 4.99. The van der Waals surface area contributed by atoms with Crippen LogP contribution >= 0.6 is 11.8 Å². The first kappa shape index (κ1) is 18.1. The number of nitrogens with one attached hydrogen (secondary N) is 1. The van der Waals surface area contributed by atoms with Gasteiger partial charge >= 0.3 is 5.97 Å². The normalized spacial score (nSPS) is 11.6. The van der Waals surface area contributed by atoms with Crippen LogP contribution in [0.4, 0.5) is 5.69 Å². The van der Waals surface area contributed by atoms with Crippen LogP contribution in [-0.4, -0.2) is 25.7 Å². The Kier molecular flexibility index (Phi) is 5.69. The van der Waals surface area contributed by atoms with Gasteiger partial charge in [-0.3, -0.25) is 4.72 Å². The summed E-state index contributed by atoms with van der Waals surface area (Å²) in [4.78, 5) is 11.5. The van der Waals surface area contributed by atoms with Crippen LogP contribution in [0.1, 0.15) is 21.5 Å². The van der Waals surface area contributed by atoms with Crippen molar-refractivity contribution in [2.45, 2.75) is 11.8 Å². The third kappa shape index (κ3) is 4.87. The van der Waals surface area contributed by atoms with Crippen molar-refractivity contribution in [2.24, 2.45) is 0 Å². The molecular weight excluding hydrogens is 346 g/mol. The van der Waals surface area contributed by atoms with Crippen LogP contribution in [0.5, 0.6) is 0 Å². The summed E-state index contributed by atoms with van der Waals surface area (Å²) in [7, 11) is -3.70. The molecule has 2 aromatic rings. The van der Waals surface area contributed by atoms with Crippen LogP contribution in [0.25, 0.3) is 6.08 Å². The fourth-order valence-corrected chi connectivity index (χ4v) is 3.48. The number of hydrogen-bond donors (Lipinski definition) is 2. The van der Waals surface area contributed by atoms with Crippen LogP contribution in [0, 0.1) is 6.92 Å². The molecule has 2 aromatic carbocycles. The largest absolute Gasteiger partial charge is 0.478 e. The van der Waals surface area contributed by atoms with Crippen LogP contribution in [0.15, 0.2) is 52.8 Å². The van der Waals surface area contributed by atoms with Crippen molar-refractivity contribution in [1.29, 1.82) is 0 Å². The molecule has 0 aliphatic carbocycles. The number of carboxylic acid groups (broad SMARTS) is 1. The van der Waals surface area contributed by atoms with E-state index in [1.807, 2.05) is 31.2 Å². The summed E-state index contributed by atoms with van der Waals surface area (Å²) in [5.74, 6) is -1.06. The summed E-state index contributed by atoms with van der Waals surface area (Å²) < 4.78 is 26.9. The average Bonchev–Trinajstić information content (AvgIpc) is 2.54. The van der Waals surface area contributed by atoms with Crippen LogP contribution in [0.3, 0.4) is 0 Å². The first-order valence-corrected chi connectivity index (χ1v) is 9.77. The predicted octanol–water partition coefficient (Wildman–Crippen LogP) is 3.83. The average molecular weight is 363 g/mol. The van der Waals surface area contributed by atoms with Crippen molar-refractivity contribution in [3.8, 4) is 0 Å². The molecule has 0 aliphatic heterocycles. The van der Waals surface area contributed by atoms with E-state index in [0.29, 0.717) is 10.6 Å². The first-order valence-electron chi connectivity index (χ1n) is 6.99. The molecule has 0 aliphatic rings. The lowest BCUT2D eigenvalue weighted by molar-refractivity contribution is 0.0696. The number of hydrogen-bond acceptors (Lipinski definition) is 4. The van der Waals surface area contributed by atoms with E-state index in [9.17, 15) is 13.2 Å². The zero-order chi connectivity index (χ0) is 17.7. The second kappa shape index (κ2) is 7.55. The Morgan fingerprint density at radius 2 is 1.83 bits per heavy atom. The van der Waals surface area contributed by atoms with Gasteiger partial charge in [0.25, 0.3) is 10.0 Å². The van der Waals surface area contributed by atoms with Gasteiger partial charge in [-0.2, -0.15) is 0 Å². The summed E-state index contributed by atoms with van der Waals surface area (Å²) in [6, 6.07) is 11.7. The van der Waals surface area contributed by atoms with Crippen molar-refractivity contribution >= 4 is 39.5 Å². The number of carbonyl (C=O) groups is 1. The Morgan fingerprint density at radius 1 is 1.17 bits per heavy atom. The van der Waals surface area contributed by atoms with E-state index in [0.717, 1.165) is 16.5 Å². The van der Waals surface area contributed by atoms with Crippen molar-refractivity contribution in [1.82, 2.24) is 0 Å². The van der Waals surface area contributed by atoms with Gasteiger partial charge in [-0.1, -0.05) is 29.8 Å². The van der Waals surface area contributed by atoms with Crippen molar-refractivity contribution in [3.05, 3.63) is 64.6 Å². The van der Waals surface area contributed by atoms with E-state index in [2.05, 4.69) is 4.72 Å². The van der Waals surface area contributed by atoms with Gasteiger partial charge in [0.2, 0.25) is 0 Å². The summed E-state index contributed by atoms with van der Waals surface area (Å²) in [6.07, 6.45) is 3.26. The highest BCUT2D eigenvalue weighted by Crippen LogP contribution is 2.27. The number of aromatic carboxylic acids is 1. The Morgan fingerprint density at radius 3 is 2.42 bits per heavy atom. The number of benzene rings is 2. The molecule has 0 radical (unpaired) electrons. The summed E-state index contributed by atoms with van der Waals surface area (Å²) >= 11 is 1.27. The Hall–Kier alpha value is -2.25. The Bertz CT molecular complexity index is 872. The number of sulfonamides is 1. The highest BCUT2D eigenvalue weighted by Gasteiger charge is 2.12. The van der Waals surface area contributed by atoms with Crippen molar-refractivity contribution < 1.29 is 18.3 Å². The highest BCUT2D eigenvalue weighted by atomic mass is 32.2. The molecule has 0 bridgehead atoms. The molecule has 0 aromatic heterocycles. The standard InChI is InChI=1S/C17H17NO4S2/c1-12-3-5-13(6-4-12)9-10-24(21,22)18-15-8-7-14(17(19)20)11-16(15)23-2/h3-11,18H,1-2H3,(H,19,20)/b10-9+. The highest BCUT2D eigenvalue weighted by molar-refractivity contribution is 7.99. The van der Waals surface area contributed by atoms with Gasteiger partial charge in [0.05, 0.1) is 16.7 Å².